The van der Waals surface area contributed by atoms with Crippen molar-refractivity contribution in [2.45, 2.75) is 47.6 Å². The Balaban J connectivity index is 0.000000425. The molecule has 3 aromatic carbocycles. The second-order valence-electron chi connectivity index (χ2n) is 7.70. The predicted molar refractivity (Wildman–Crippen MR) is 158 cm³/mol. The van der Waals surface area contributed by atoms with E-state index in [4.69, 9.17) is 22.3 Å². The maximum Gasteiger partial charge on any atom is 0.251 e. The molecule has 0 fully saturated rings. The summed E-state index contributed by atoms with van der Waals surface area (Å²) in [6, 6.07) is 19.5. The lowest BCUT2D eigenvalue weighted by Gasteiger charge is -2.06. The standard InChI is InChI=1S/C17H16N6O.C8H12N2O.2C2H6/c1-11-20-22-16(23-21-11)13-4-2-12(3-5-13)10-19-17(24)14-6-8-15(18)9-7-14;9-4-3-6-1-2-7(10)8(11)5-6;2*1-2/h2-9H,10,18H2,1H3,(H,19,24);1-2,5,11H,3-4,9-10H2;2*1-2H3. The third-order valence-electron chi connectivity index (χ3n) is 4.94. The minimum atomic E-state index is -0.144. The lowest BCUT2D eigenvalue weighted by molar-refractivity contribution is 0.0951. The van der Waals surface area contributed by atoms with E-state index in [0.717, 1.165) is 23.1 Å². The van der Waals surface area contributed by atoms with Gasteiger partial charge >= 0.3 is 0 Å². The Morgan fingerprint density at radius 3 is 1.92 bits per heavy atom. The van der Waals surface area contributed by atoms with Gasteiger partial charge in [0.1, 0.15) is 5.75 Å². The van der Waals surface area contributed by atoms with Crippen molar-refractivity contribution in [3.8, 4) is 17.1 Å². The largest absolute Gasteiger partial charge is 0.506 e. The van der Waals surface area contributed by atoms with Crippen molar-refractivity contribution in [2.75, 3.05) is 18.0 Å². The van der Waals surface area contributed by atoms with Gasteiger partial charge in [0.25, 0.3) is 5.91 Å². The van der Waals surface area contributed by atoms with Gasteiger partial charge in [0, 0.05) is 23.4 Å². The second kappa shape index (κ2) is 17.8. The average molecular weight is 533 g/mol. The number of aryl methyl sites for hydroxylation is 1. The first-order valence-corrected chi connectivity index (χ1v) is 12.9. The smallest absolute Gasteiger partial charge is 0.251 e. The van der Waals surface area contributed by atoms with E-state index in [1.54, 1.807) is 43.3 Å². The molecule has 0 radical (unpaired) electrons. The molecule has 0 aliphatic rings. The van der Waals surface area contributed by atoms with Crippen LogP contribution in [0.4, 0.5) is 11.4 Å². The molecule has 8 N–H and O–H groups in total. The number of aromatic hydroxyl groups is 1. The molecule has 1 aromatic heterocycles. The van der Waals surface area contributed by atoms with E-state index < -0.39 is 0 Å². The molecule has 0 aliphatic carbocycles. The van der Waals surface area contributed by atoms with Gasteiger partial charge in [-0.2, -0.15) is 0 Å². The summed E-state index contributed by atoms with van der Waals surface area (Å²) in [5.41, 5.74) is 20.8. The number of benzene rings is 3. The van der Waals surface area contributed by atoms with Crippen molar-refractivity contribution in [3.05, 3.63) is 89.2 Å². The van der Waals surface area contributed by atoms with Gasteiger partial charge in [0.15, 0.2) is 5.82 Å². The van der Waals surface area contributed by atoms with Crippen LogP contribution in [-0.2, 0) is 13.0 Å². The van der Waals surface area contributed by atoms with Crippen LogP contribution in [0.2, 0.25) is 0 Å². The number of phenolic OH excluding ortho intramolecular Hbond substituents is 1. The molecular weight excluding hydrogens is 492 g/mol. The highest BCUT2D eigenvalue weighted by molar-refractivity contribution is 5.94. The molecule has 0 aliphatic heterocycles. The van der Waals surface area contributed by atoms with Crippen molar-refractivity contribution in [1.29, 1.82) is 0 Å². The van der Waals surface area contributed by atoms with Gasteiger partial charge in [-0.3, -0.25) is 4.79 Å². The Bertz CT molecular complexity index is 1250. The number of carbonyl (C=O) groups is 1. The fraction of sp³-hybridized carbons (Fsp3) is 0.276. The third kappa shape index (κ3) is 11.1. The minimum Gasteiger partial charge on any atom is -0.506 e. The Labute approximate surface area is 230 Å². The minimum absolute atomic E-state index is 0.135. The zero-order valence-corrected chi connectivity index (χ0v) is 23.3. The van der Waals surface area contributed by atoms with Crippen molar-refractivity contribution in [1.82, 2.24) is 25.7 Å². The van der Waals surface area contributed by atoms with Gasteiger partial charge in [-0.05, 0) is 67.4 Å². The predicted octanol–water partition coefficient (Wildman–Crippen LogP) is 4.28. The molecule has 0 unspecified atom stereocenters. The van der Waals surface area contributed by atoms with Crippen LogP contribution in [0.3, 0.4) is 0 Å². The summed E-state index contributed by atoms with van der Waals surface area (Å²) < 4.78 is 0. The number of nitrogens with zero attached hydrogens (tertiary/aromatic N) is 4. The lowest BCUT2D eigenvalue weighted by atomic mass is 10.1. The van der Waals surface area contributed by atoms with Crippen LogP contribution >= 0.6 is 0 Å². The maximum absolute atomic E-state index is 12.1. The van der Waals surface area contributed by atoms with Crippen molar-refractivity contribution >= 4 is 17.3 Å². The van der Waals surface area contributed by atoms with Gasteiger partial charge in [-0.15, -0.1) is 20.4 Å². The summed E-state index contributed by atoms with van der Waals surface area (Å²) in [5.74, 6) is 0.990. The normalized spacial score (nSPS) is 9.49. The van der Waals surface area contributed by atoms with Crippen LogP contribution in [-0.4, -0.2) is 38.0 Å². The number of hydrogen-bond donors (Lipinski definition) is 5. The van der Waals surface area contributed by atoms with E-state index in [9.17, 15) is 4.79 Å². The quantitative estimate of drug-likeness (QED) is 0.179. The number of nitrogens with one attached hydrogen (secondary N) is 1. The fourth-order valence-electron chi connectivity index (χ4n) is 3.00. The van der Waals surface area contributed by atoms with Crippen molar-refractivity contribution in [2.24, 2.45) is 5.73 Å². The number of phenols is 1. The average Bonchev–Trinajstić information content (AvgIpc) is 2.97. The van der Waals surface area contributed by atoms with E-state index in [-0.39, 0.29) is 11.7 Å². The Morgan fingerprint density at radius 2 is 1.38 bits per heavy atom. The highest BCUT2D eigenvalue weighted by atomic mass is 16.3. The number of hydrogen-bond acceptors (Lipinski definition) is 9. The van der Waals surface area contributed by atoms with Crippen LogP contribution in [0, 0.1) is 6.92 Å². The van der Waals surface area contributed by atoms with E-state index in [1.807, 2.05) is 58.0 Å². The first-order valence-electron chi connectivity index (χ1n) is 12.9. The summed E-state index contributed by atoms with van der Waals surface area (Å²) in [4.78, 5) is 12.1. The van der Waals surface area contributed by atoms with Crippen LogP contribution in [0.25, 0.3) is 11.4 Å². The van der Waals surface area contributed by atoms with Gasteiger partial charge in [0.2, 0.25) is 5.82 Å². The third-order valence-corrected chi connectivity index (χ3v) is 4.94. The first kappa shape index (κ1) is 32.5. The Kier molecular flexibility index (Phi) is 14.8. The highest BCUT2D eigenvalue weighted by Gasteiger charge is 2.06. The number of rotatable bonds is 6. The van der Waals surface area contributed by atoms with E-state index in [1.165, 1.54) is 0 Å². The molecule has 0 saturated heterocycles. The van der Waals surface area contributed by atoms with E-state index in [0.29, 0.717) is 41.7 Å². The number of nitrogen functional groups attached to an aromatic ring is 2. The van der Waals surface area contributed by atoms with Gasteiger partial charge < -0.3 is 27.6 Å². The van der Waals surface area contributed by atoms with Crippen LogP contribution in [0.15, 0.2) is 66.7 Å². The molecule has 4 rings (SSSR count). The molecule has 10 nitrogen and oxygen atoms in total. The summed E-state index contributed by atoms with van der Waals surface area (Å²) in [5, 5.41) is 27.8. The van der Waals surface area contributed by atoms with Crippen molar-refractivity contribution < 1.29 is 9.90 Å². The molecule has 39 heavy (non-hydrogen) atoms. The maximum atomic E-state index is 12.1. The summed E-state index contributed by atoms with van der Waals surface area (Å²) >= 11 is 0. The molecule has 0 spiro atoms. The Hall–Kier alpha value is -4.57. The van der Waals surface area contributed by atoms with Crippen LogP contribution in [0.5, 0.6) is 5.75 Å². The van der Waals surface area contributed by atoms with E-state index >= 15 is 0 Å². The number of anilines is 2. The summed E-state index contributed by atoms with van der Waals surface area (Å²) in [6.07, 6.45) is 0.772. The highest BCUT2D eigenvalue weighted by Crippen LogP contribution is 2.20. The van der Waals surface area contributed by atoms with E-state index in [2.05, 4.69) is 25.7 Å². The molecule has 4 aromatic rings. The summed E-state index contributed by atoms with van der Waals surface area (Å²) in [7, 11) is 0. The number of aromatic nitrogens is 4. The molecule has 0 bridgehead atoms. The molecular formula is C29H40N8O2. The molecule has 0 atom stereocenters. The number of carbonyl (C=O) groups excluding carboxylic acids is 1. The zero-order chi connectivity index (χ0) is 29.2. The topological polar surface area (TPSA) is 179 Å². The number of amides is 1. The second-order valence-corrected chi connectivity index (χ2v) is 7.70. The molecule has 0 saturated carbocycles. The summed E-state index contributed by atoms with van der Waals surface area (Å²) in [6.45, 7) is 10.7. The Morgan fingerprint density at radius 1 is 0.821 bits per heavy atom. The SMILES string of the molecule is CC.CC.Cc1nnc(-c2ccc(CNC(=O)c3ccc(N)cc3)cc2)nn1.NCCc1ccc(N)c(O)c1. The fourth-order valence-corrected chi connectivity index (χ4v) is 3.00. The molecule has 208 valence electrons. The van der Waals surface area contributed by atoms with Gasteiger partial charge in [-0.25, -0.2) is 0 Å². The zero-order valence-electron chi connectivity index (χ0n) is 23.3. The first-order chi connectivity index (χ1) is 18.9. The van der Waals surface area contributed by atoms with Crippen LogP contribution < -0.4 is 22.5 Å². The van der Waals surface area contributed by atoms with Crippen LogP contribution in [0.1, 0.15) is 55.0 Å². The number of nitrogens with two attached hydrogens (primary N) is 3. The van der Waals surface area contributed by atoms with Crippen molar-refractivity contribution in [3.63, 3.8) is 0 Å². The molecule has 10 heteroatoms. The van der Waals surface area contributed by atoms with Gasteiger partial charge in [-0.1, -0.05) is 58.0 Å². The lowest BCUT2D eigenvalue weighted by Crippen LogP contribution is -2.22. The molecule has 1 heterocycles. The monoisotopic (exact) mass is 532 g/mol. The van der Waals surface area contributed by atoms with Gasteiger partial charge in [0.05, 0.1) is 5.69 Å². The molecule has 1 amide bonds.